The van der Waals surface area contributed by atoms with Crippen LogP contribution >= 0.6 is 24.2 Å². The Bertz CT molecular complexity index is 756. The van der Waals surface area contributed by atoms with Crippen molar-refractivity contribution in [2.75, 3.05) is 30.3 Å². The summed E-state index contributed by atoms with van der Waals surface area (Å²) in [6.07, 6.45) is 6.66. The number of rotatable bonds is 3. The minimum absolute atomic E-state index is 0. The molecule has 0 unspecified atom stereocenters. The predicted octanol–water partition coefficient (Wildman–Crippen LogP) is 1.86. The van der Waals surface area contributed by atoms with E-state index < -0.39 is 0 Å². The van der Waals surface area contributed by atoms with Crippen LogP contribution in [0.15, 0.2) is 35.6 Å². The number of thioether (sulfide) groups is 1. The Labute approximate surface area is 150 Å². The van der Waals surface area contributed by atoms with Crippen LogP contribution in [0.2, 0.25) is 0 Å². The molecule has 0 bridgehead atoms. The van der Waals surface area contributed by atoms with Crippen molar-refractivity contribution in [1.29, 1.82) is 0 Å². The average molecular weight is 366 g/mol. The molecule has 1 amide bonds. The van der Waals surface area contributed by atoms with Crippen molar-refractivity contribution in [2.45, 2.75) is 12.5 Å². The quantitative estimate of drug-likeness (QED) is 0.774. The van der Waals surface area contributed by atoms with Gasteiger partial charge in [-0.3, -0.25) is 4.79 Å². The molecular weight excluding hydrogens is 346 g/mol. The summed E-state index contributed by atoms with van der Waals surface area (Å²) in [5.41, 5.74) is 1.96. The molecule has 0 radical (unpaired) electrons. The molecular formula is C16H20ClN5OS. The second-order valence-electron chi connectivity index (χ2n) is 5.77. The van der Waals surface area contributed by atoms with Gasteiger partial charge in [0.05, 0.1) is 10.6 Å². The normalized spacial score (nSPS) is 20.6. The zero-order chi connectivity index (χ0) is 15.6. The summed E-state index contributed by atoms with van der Waals surface area (Å²) >= 11 is 1.62. The number of hydrogen-bond acceptors (Lipinski definition) is 5. The highest BCUT2D eigenvalue weighted by molar-refractivity contribution is 8.04. The van der Waals surface area contributed by atoms with Gasteiger partial charge in [-0.25, -0.2) is 4.98 Å². The van der Waals surface area contributed by atoms with Gasteiger partial charge in [-0.1, -0.05) is 0 Å². The van der Waals surface area contributed by atoms with E-state index in [1.807, 2.05) is 24.5 Å². The van der Waals surface area contributed by atoms with Crippen LogP contribution in [0.1, 0.15) is 6.42 Å². The zero-order valence-corrected chi connectivity index (χ0v) is 14.8. The summed E-state index contributed by atoms with van der Waals surface area (Å²) in [6, 6.07) is 4.27. The first-order chi connectivity index (χ1) is 11.3. The number of aromatic amines is 1. The third-order valence-electron chi connectivity index (χ3n) is 4.23. The number of nitrogens with one attached hydrogen (secondary N) is 3. The Morgan fingerprint density at radius 3 is 3.17 bits per heavy atom. The fraction of sp³-hybridized carbons (Fsp3) is 0.375. The van der Waals surface area contributed by atoms with Gasteiger partial charge in [-0.15, -0.1) is 24.2 Å². The van der Waals surface area contributed by atoms with Gasteiger partial charge in [0.15, 0.2) is 0 Å². The van der Waals surface area contributed by atoms with E-state index in [1.54, 1.807) is 18.0 Å². The number of nitrogens with zero attached hydrogens (tertiary/aromatic N) is 2. The Morgan fingerprint density at radius 1 is 1.42 bits per heavy atom. The number of amides is 1. The lowest BCUT2D eigenvalue weighted by Gasteiger charge is -2.27. The number of halogens is 1. The Balaban J connectivity index is 0.00000169. The summed E-state index contributed by atoms with van der Waals surface area (Å²) in [6.45, 7) is 2.73. The highest BCUT2D eigenvalue weighted by Gasteiger charge is 2.23. The molecule has 1 fully saturated rings. The van der Waals surface area contributed by atoms with Gasteiger partial charge in [0, 0.05) is 48.9 Å². The van der Waals surface area contributed by atoms with E-state index in [1.165, 1.54) is 0 Å². The van der Waals surface area contributed by atoms with Gasteiger partial charge >= 0.3 is 0 Å². The van der Waals surface area contributed by atoms with Crippen molar-refractivity contribution < 1.29 is 4.79 Å². The number of carbonyl (C=O) groups excluding carboxylic acids is 1. The highest BCUT2D eigenvalue weighted by Crippen LogP contribution is 2.30. The molecule has 2 aliphatic heterocycles. The lowest BCUT2D eigenvalue weighted by Crippen LogP contribution is -2.38. The van der Waals surface area contributed by atoms with Crippen molar-refractivity contribution in [2.24, 2.45) is 0 Å². The number of hydrogen-bond donors (Lipinski definition) is 3. The third-order valence-corrected chi connectivity index (χ3v) is 5.22. The Morgan fingerprint density at radius 2 is 2.33 bits per heavy atom. The van der Waals surface area contributed by atoms with Gasteiger partial charge in [0.25, 0.3) is 5.91 Å². The molecule has 0 saturated carbocycles. The lowest BCUT2D eigenvalue weighted by molar-refractivity contribution is -0.117. The highest BCUT2D eigenvalue weighted by atomic mass is 35.5. The fourth-order valence-electron chi connectivity index (χ4n) is 3.04. The van der Waals surface area contributed by atoms with Crippen LogP contribution in [0.25, 0.3) is 11.0 Å². The molecule has 1 saturated heterocycles. The molecule has 4 rings (SSSR count). The van der Waals surface area contributed by atoms with E-state index in [0.29, 0.717) is 0 Å². The molecule has 0 aliphatic carbocycles. The fourth-order valence-corrected chi connectivity index (χ4v) is 3.94. The topological polar surface area (TPSA) is 73.1 Å². The Kier molecular flexibility index (Phi) is 5.33. The summed E-state index contributed by atoms with van der Waals surface area (Å²) in [5, 5.41) is 7.47. The largest absolute Gasteiger partial charge is 0.347 e. The van der Waals surface area contributed by atoms with Crippen LogP contribution in [0.5, 0.6) is 0 Å². The second-order valence-corrected chi connectivity index (χ2v) is 6.91. The second kappa shape index (κ2) is 7.46. The maximum Gasteiger partial charge on any atom is 0.259 e. The average Bonchev–Trinajstić information content (AvgIpc) is 3.25. The minimum atomic E-state index is 0. The van der Waals surface area contributed by atoms with Crippen molar-refractivity contribution in [3.05, 3.63) is 35.6 Å². The molecule has 1 atom stereocenters. The van der Waals surface area contributed by atoms with Gasteiger partial charge in [-0.2, -0.15) is 0 Å². The molecule has 128 valence electrons. The van der Waals surface area contributed by atoms with Crippen LogP contribution in [-0.4, -0.2) is 47.3 Å². The minimum Gasteiger partial charge on any atom is -0.347 e. The van der Waals surface area contributed by atoms with E-state index in [-0.39, 0.29) is 24.4 Å². The van der Waals surface area contributed by atoms with E-state index in [2.05, 4.69) is 25.5 Å². The summed E-state index contributed by atoms with van der Waals surface area (Å²) < 4.78 is 0. The van der Waals surface area contributed by atoms with Crippen LogP contribution in [-0.2, 0) is 4.79 Å². The van der Waals surface area contributed by atoms with Crippen LogP contribution < -0.4 is 15.5 Å². The molecule has 0 spiro atoms. The van der Waals surface area contributed by atoms with Gasteiger partial charge in [0.1, 0.15) is 5.65 Å². The van der Waals surface area contributed by atoms with Crippen molar-refractivity contribution in [3.63, 3.8) is 0 Å². The first-order valence-corrected chi connectivity index (χ1v) is 8.85. The maximum absolute atomic E-state index is 12.5. The van der Waals surface area contributed by atoms with E-state index in [9.17, 15) is 4.79 Å². The molecule has 2 aromatic heterocycles. The number of pyridine rings is 1. The lowest BCUT2D eigenvalue weighted by atomic mass is 10.2. The molecule has 24 heavy (non-hydrogen) atoms. The van der Waals surface area contributed by atoms with Crippen LogP contribution in [0, 0.1) is 0 Å². The first kappa shape index (κ1) is 17.1. The Hall–Kier alpha value is -1.70. The monoisotopic (exact) mass is 365 g/mol. The molecule has 2 aromatic rings. The summed E-state index contributed by atoms with van der Waals surface area (Å²) in [7, 11) is 0. The number of anilines is 1. The van der Waals surface area contributed by atoms with Gasteiger partial charge in [-0.05, 0) is 25.1 Å². The SMILES string of the molecule is Cl.O=C(N[C@H]1CCNC1)C1=CN(c2ccnc3[nH]ccc23)CCS1. The summed E-state index contributed by atoms with van der Waals surface area (Å²) in [4.78, 5) is 22.9. The third kappa shape index (κ3) is 3.38. The number of carbonyl (C=O) groups is 1. The molecule has 6 nitrogen and oxygen atoms in total. The molecule has 4 heterocycles. The molecule has 0 aromatic carbocycles. The molecule has 8 heteroatoms. The first-order valence-electron chi connectivity index (χ1n) is 7.86. The molecule has 2 aliphatic rings. The van der Waals surface area contributed by atoms with Crippen molar-refractivity contribution in [3.8, 4) is 0 Å². The smallest absolute Gasteiger partial charge is 0.259 e. The van der Waals surface area contributed by atoms with E-state index >= 15 is 0 Å². The van der Waals surface area contributed by atoms with E-state index in [0.717, 1.165) is 53.4 Å². The standard InChI is InChI=1S/C16H19N5OS.ClH/c22-16(20-11-1-4-17-9-11)14-10-21(7-8-23-14)13-3-6-19-15-12(13)2-5-18-15;/h2-3,5-6,10-11,17H,1,4,7-9H2,(H,18,19)(H,20,22);1H/t11-;/m0./s1. The molecule has 3 N–H and O–H groups in total. The van der Waals surface area contributed by atoms with Crippen molar-refractivity contribution in [1.82, 2.24) is 20.6 Å². The number of fused-ring (bicyclic) bond motifs is 1. The van der Waals surface area contributed by atoms with Crippen LogP contribution in [0.3, 0.4) is 0 Å². The van der Waals surface area contributed by atoms with E-state index in [4.69, 9.17) is 0 Å². The predicted molar refractivity (Wildman–Crippen MR) is 101 cm³/mol. The zero-order valence-electron chi connectivity index (χ0n) is 13.1. The maximum atomic E-state index is 12.5. The summed E-state index contributed by atoms with van der Waals surface area (Å²) in [5.74, 6) is 0.934. The van der Waals surface area contributed by atoms with Gasteiger partial charge < -0.3 is 20.5 Å². The van der Waals surface area contributed by atoms with Gasteiger partial charge in [0.2, 0.25) is 0 Å². The number of aromatic nitrogens is 2. The number of H-pyrrole nitrogens is 1. The van der Waals surface area contributed by atoms with Crippen LogP contribution in [0.4, 0.5) is 5.69 Å². The van der Waals surface area contributed by atoms with Crippen molar-refractivity contribution >= 4 is 46.8 Å².